The van der Waals surface area contributed by atoms with Gasteiger partial charge in [-0.2, -0.15) is 0 Å². The molecule has 0 saturated carbocycles. The Hall–Kier alpha value is -3.00. The van der Waals surface area contributed by atoms with E-state index in [0.717, 1.165) is 11.3 Å². The molecule has 0 aliphatic carbocycles. The maximum atomic E-state index is 13.2. The molecular formula is C20H21N3O4S. The van der Waals surface area contributed by atoms with Gasteiger partial charge in [-0.3, -0.25) is 4.79 Å². The molecule has 2 bridgehead atoms. The average Bonchev–Trinajstić information content (AvgIpc) is 2.67. The Balaban J connectivity index is 1.69. The van der Waals surface area contributed by atoms with Crippen LogP contribution in [-0.2, 0) is 4.79 Å². The van der Waals surface area contributed by atoms with Gasteiger partial charge in [-0.25, -0.2) is 0 Å². The zero-order valence-corrected chi connectivity index (χ0v) is 16.6. The number of anilines is 1. The summed E-state index contributed by atoms with van der Waals surface area (Å²) in [4.78, 5) is 13.2. The van der Waals surface area contributed by atoms with E-state index in [-0.39, 0.29) is 11.9 Å². The van der Waals surface area contributed by atoms with Gasteiger partial charge in [0, 0.05) is 11.3 Å². The highest BCUT2D eigenvalue weighted by Crippen LogP contribution is 2.48. The number of nitrogens with one attached hydrogen (secondary N) is 3. The topological polar surface area (TPSA) is 80.9 Å². The van der Waals surface area contributed by atoms with Crippen molar-refractivity contribution in [2.75, 3.05) is 19.5 Å². The van der Waals surface area contributed by atoms with E-state index in [4.69, 9.17) is 26.4 Å². The van der Waals surface area contributed by atoms with Gasteiger partial charge in [0.1, 0.15) is 11.7 Å². The number of benzene rings is 2. The SMILES string of the molecule is COc1ccc(NC(=O)[C@@H]2[C@@H]3NC(=S)N[C@]2(C)Oc2c(OC)cccc23)cc1. The predicted octanol–water partition coefficient (Wildman–Crippen LogP) is 2.59. The monoisotopic (exact) mass is 399 g/mol. The van der Waals surface area contributed by atoms with Crippen LogP contribution in [0.15, 0.2) is 42.5 Å². The van der Waals surface area contributed by atoms with Crippen molar-refractivity contribution >= 4 is 28.9 Å². The molecule has 3 atom stereocenters. The van der Waals surface area contributed by atoms with Crippen molar-refractivity contribution in [2.45, 2.75) is 18.7 Å². The summed E-state index contributed by atoms with van der Waals surface area (Å²) in [5, 5.41) is 9.73. The smallest absolute Gasteiger partial charge is 0.236 e. The predicted molar refractivity (Wildman–Crippen MR) is 109 cm³/mol. The Bertz CT molecular complexity index is 934. The quantitative estimate of drug-likeness (QED) is 0.682. The Morgan fingerprint density at radius 3 is 2.61 bits per heavy atom. The summed E-state index contributed by atoms with van der Waals surface area (Å²) < 4.78 is 16.8. The second-order valence-electron chi connectivity index (χ2n) is 6.86. The van der Waals surface area contributed by atoms with Crippen LogP contribution in [0.25, 0.3) is 0 Å². The first-order valence-electron chi connectivity index (χ1n) is 8.84. The Kier molecular flexibility index (Phi) is 4.50. The minimum Gasteiger partial charge on any atom is -0.497 e. The van der Waals surface area contributed by atoms with Crippen LogP contribution in [0.1, 0.15) is 18.5 Å². The molecule has 2 aliphatic heterocycles. The first-order valence-corrected chi connectivity index (χ1v) is 9.25. The molecule has 4 rings (SSSR count). The van der Waals surface area contributed by atoms with Crippen molar-refractivity contribution in [2.24, 2.45) is 5.92 Å². The maximum Gasteiger partial charge on any atom is 0.236 e. The van der Waals surface area contributed by atoms with Crippen LogP contribution in [0.4, 0.5) is 5.69 Å². The fourth-order valence-electron chi connectivity index (χ4n) is 3.78. The molecule has 2 aromatic rings. The second kappa shape index (κ2) is 6.87. The van der Waals surface area contributed by atoms with Crippen LogP contribution in [0.2, 0.25) is 0 Å². The van der Waals surface area contributed by atoms with Gasteiger partial charge < -0.3 is 30.2 Å². The number of hydrogen-bond acceptors (Lipinski definition) is 5. The Morgan fingerprint density at radius 2 is 1.93 bits per heavy atom. The van der Waals surface area contributed by atoms with E-state index in [1.165, 1.54) is 0 Å². The highest BCUT2D eigenvalue weighted by molar-refractivity contribution is 7.80. The number of ether oxygens (including phenoxy) is 3. The number of fused-ring (bicyclic) bond motifs is 4. The van der Waals surface area contributed by atoms with E-state index in [2.05, 4.69) is 16.0 Å². The standard InChI is InChI=1S/C20H21N3O4S/c1-20-15(18(24)21-11-7-9-12(25-2)10-8-11)16(22-19(28)23-20)13-5-4-6-14(26-3)17(13)27-20/h4-10,15-16H,1-3H3,(H,21,24)(H2,22,23,28)/t15-,16+,20+/m0/s1. The number of thiocarbonyl (C=S) groups is 1. The molecule has 2 aromatic carbocycles. The van der Waals surface area contributed by atoms with E-state index in [1.807, 2.05) is 25.1 Å². The zero-order valence-electron chi connectivity index (χ0n) is 15.7. The van der Waals surface area contributed by atoms with E-state index in [1.54, 1.807) is 38.5 Å². The van der Waals surface area contributed by atoms with Crippen LogP contribution in [0, 0.1) is 5.92 Å². The van der Waals surface area contributed by atoms with Crippen molar-refractivity contribution in [1.82, 2.24) is 10.6 Å². The van der Waals surface area contributed by atoms with Gasteiger partial charge in [0.2, 0.25) is 5.91 Å². The Labute approximate surface area is 168 Å². The molecule has 8 heteroatoms. The molecule has 3 N–H and O–H groups in total. The lowest BCUT2D eigenvalue weighted by Crippen LogP contribution is -2.70. The van der Waals surface area contributed by atoms with Gasteiger partial charge in [0.05, 0.1) is 20.3 Å². The summed E-state index contributed by atoms with van der Waals surface area (Å²) in [5.41, 5.74) is 0.479. The third kappa shape index (κ3) is 2.99. The summed E-state index contributed by atoms with van der Waals surface area (Å²) in [6.07, 6.45) is 0. The number of rotatable bonds is 4. The third-order valence-electron chi connectivity index (χ3n) is 5.09. The lowest BCUT2D eigenvalue weighted by atomic mass is 9.79. The maximum absolute atomic E-state index is 13.2. The molecule has 1 saturated heterocycles. The lowest BCUT2D eigenvalue weighted by molar-refractivity contribution is -0.132. The molecule has 7 nitrogen and oxygen atoms in total. The summed E-state index contributed by atoms with van der Waals surface area (Å²) in [7, 11) is 3.19. The van der Waals surface area contributed by atoms with Gasteiger partial charge in [0.15, 0.2) is 22.3 Å². The summed E-state index contributed by atoms with van der Waals surface area (Å²) in [5.74, 6) is 1.18. The van der Waals surface area contributed by atoms with E-state index < -0.39 is 11.6 Å². The third-order valence-corrected chi connectivity index (χ3v) is 5.31. The van der Waals surface area contributed by atoms with Crippen molar-refractivity contribution in [3.63, 3.8) is 0 Å². The molecule has 1 fully saturated rings. The molecule has 0 radical (unpaired) electrons. The van der Waals surface area contributed by atoms with Crippen LogP contribution in [0.5, 0.6) is 17.2 Å². The molecule has 2 aliphatic rings. The van der Waals surface area contributed by atoms with Crippen molar-refractivity contribution < 1.29 is 19.0 Å². The van der Waals surface area contributed by atoms with Crippen LogP contribution >= 0.6 is 12.2 Å². The minimum absolute atomic E-state index is 0.186. The molecule has 1 amide bonds. The average molecular weight is 399 g/mol. The van der Waals surface area contributed by atoms with Gasteiger partial charge in [-0.15, -0.1) is 0 Å². The lowest BCUT2D eigenvalue weighted by Gasteiger charge is -2.50. The number of carbonyl (C=O) groups is 1. The second-order valence-corrected chi connectivity index (χ2v) is 7.27. The van der Waals surface area contributed by atoms with E-state index in [9.17, 15) is 4.79 Å². The van der Waals surface area contributed by atoms with Crippen LogP contribution in [-0.4, -0.2) is 31.0 Å². The fraction of sp³-hybridized carbons (Fsp3) is 0.300. The summed E-state index contributed by atoms with van der Waals surface area (Å²) in [6, 6.07) is 12.4. The summed E-state index contributed by atoms with van der Waals surface area (Å²) >= 11 is 5.34. The molecule has 146 valence electrons. The van der Waals surface area contributed by atoms with Crippen molar-refractivity contribution in [1.29, 1.82) is 0 Å². The first kappa shape index (κ1) is 18.4. The number of para-hydroxylation sites is 1. The van der Waals surface area contributed by atoms with Gasteiger partial charge >= 0.3 is 0 Å². The number of hydrogen-bond donors (Lipinski definition) is 3. The van der Waals surface area contributed by atoms with E-state index in [0.29, 0.717) is 22.3 Å². The normalized spacial score (nSPS) is 24.8. The molecule has 0 spiro atoms. The fourth-order valence-corrected chi connectivity index (χ4v) is 4.11. The van der Waals surface area contributed by atoms with Crippen LogP contribution in [0.3, 0.4) is 0 Å². The highest BCUT2D eigenvalue weighted by Gasteiger charge is 2.55. The highest BCUT2D eigenvalue weighted by atomic mass is 32.1. The minimum atomic E-state index is -1.02. The molecular weight excluding hydrogens is 378 g/mol. The molecule has 2 heterocycles. The number of carbonyl (C=O) groups excluding carboxylic acids is 1. The van der Waals surface area contributed by atoms with Gasteiger partial charge in [-0.05, 0) is 49.5 Å². The van der Waals surface area contributed by atoms with Gasteiger partial charge in [0.25, 0.3) is 0 Å². The molecule has 0 aromatic heterocycles. The first-order chi connectivity index (χ1) is 13.4. The number of amides is 1. The zero-order chi connectivity index (χ0) is 19.9. The summed E-state index contributed by atoms with van der Waals surface area (Å²) in [6.45, 7) is 1.82. The van der Waals surface area contributed by atoms with Crippen molar-refractivity contribution in [3.8, 4) is 17.2 Å². The van der Waals surface area contributed by atoms with Gasteiger partial charge in [-0.1, -0.05) is 12.1 Å². The van der Waals surface area contributed by atoms with Crippen molar-refractivity contribution in [3.05, 3.63) is 48.0 Å². The largest absolute Gasteiger partial charge is 0.497 e. The molecule has 28 heavy (non-hydrogen) atoms. The number of methoxy groups -OCH3 is 2. The van der Waals surface area contributed by atoms with Crippen LogP contribution < -0.4 is 30.2 Å². The van der Waals surface area contributed by atoms with E-state index >= 15 is 0 Å². The Morgan fingerprint density at radius 1 is 1.18 bits per heavy atom. The molecule has 0 unspecified atom stereocenters.